The zero-order valence-corrected chi connectivity index (χ0v) is 11.8. The predicted molar refractivity (Wildman–Crippen MR) is 75.2 cm³/mol. The van der Waals surface area contributed by atoms with E-state index in [0.29, 0.717) is 11.8 Å². The molecule has 1 fully saturated rings. The number of rotatable bonds is 4. The summed E-state index contributed by atoms with van der Waals surface area (Å²) in [5, 5.41) is 10.1. The van der Waals surface area contributed by atoms with Crippen molar-refractivity contribution in [2.45, 2.75) is 38.8 Å². The van der Waals surface area contributed by atoms with Crippen molar-refractivity contribution < 1.29 is 9.50 Å². The second-order valence-corrected chi connectivity index (χ2v) is 6.07. The van der Waals surface area contributed by atoms with Gasteiger partial charge in [-0.05, 0) is 55.8 Å². The number of hydrogen-bond donors (Lipinski definition) is 1. The van der Waals surface area contributed by atoms with E-state index in [1.165, 1.54) is 6.07 Å². The molecule has 2 nitrogen and oxygen atoms in total. The molecule has 3 atom stereocenters. The quantitative estimate of drug-likeness (QED) is 0.904. The molecule has 1 N–H and O–H groups in total. The first kappa shape index (κ1) is 14.5. The third kappa shape index (κ3) is 4.29. The maximum atomic E-state index is 13.1. The molecule has 0 heterocycles. The Balaban J connectivity index is 1.88. The fourth-order valence-electron chi connectivity index (χ4n) is 3.09. The Labute approximate surface area is 115 Å². The van der Waals surface area contributed by atoms with Crippen LogP contribution in [0.4, 0.5) is 4.39 Å². The molecule has 1 aliphatic rings. The monoisotopic (exact) mass is 265 g/mol. The van der Waals surface area contributed by atoms with Crippen LogP contribution in [0.25, 0.3) is 0 Å². The number of benzene rings is 1. The predicted octanol–water partition coefficient (Wildman–Crippen LogP) is 3.05. The zero-order valence-electron chi connectivity index (χ0n) is 11.8. The van der Waals surface area contributed by atoms with Crippen LogP contribution in [-0.2, 0) is 6.54 Å². The molecule has 1 aromatic rings. The molecule has 0 saturated heterocycles. The molecule has 0 aromatic heterocycles. The lowest BCUT2D eigenvalue weighted by molar-refractivity contribution is 0.0337. The highest BCUT2D eigenvalue weighted by molar-refractivity contribution is 5.16. The van der Waals surface area contributed by atoms with Crippen molar-refractivity contribution in [1.29, 1.82) is 0 Å². The van der Waals surface area contributed by atoms with Gasteiger partial charge in [0.15, 0.2) is 0 Å². The first-order valence-corrected chi connectivity index (χ1v) is 7.15. The Morgan fingerprint density at radius 3 is 2.89 bits per heavy atom. The van der Waals surface area contributed by atoms with E-state index in [9.17, 15) is 9.50 Å². The summed E-state index contributed by atoms with van der Waals surface area (Å²) in [7, 11) is 2.04. The SMILES string of the molecule is CC1CCC(O)C(CN(C)Cc2cccc(F)c2)C1. The minimum Gasteiger partial charge on any atom is -0.393 e. The topological polar surface area (TPSA) is 23.5 Å². The molecule has 106 valence electrons. The van der Waals surface area contributed by atoms with E-state index in [-0.39, 0.29) is 11.9 Å². The molecule has 0 radical (unpaired) electrons. The fraction of sp³-hybridized carbons (Fsp3) is 0.625. The molecule has 1 aliphatic carbocycles. The van der Waals surface area contributed by atoms with Gasteiger partial charge in [0, 0.05) is 13.1 Å². The largest absolute Gasteiger partial charge is 0.393 e. The van der Waals surface area contributed by atoms with Gasteiger partial charge in [0.05, 0.1) is 6.10 Å². The molecule has 1 aromatic carbocycles. The Kier molecular flexibility index (Phi) is 4.94. The first-order chi connectivity index (χ1) is 9.04. The number of hydrogen-bond acceptors (Lipinski definition) is 2. The van der Waals surface area contributed by atoms with Gasteiger partial charge in [0.2, 0.25) is 0 Å². The van der Waals surface area contributed by atoms with Crippen molar-refractivity contribution in [2.24, 2.45) is 11.8 Å². The van der Waals surface area contributed by atoms with Gasteiger partial charge in [-0.15, -0.1) is 0 Å². The Bertz CT molecular complexity index is 409. The first-order valence-electron chi connectivity index (χ1n) is 7.15. The van der Waals surface area contributed by atoms with E-state index in [2.05, 4.69) is 11.8 Å². The molecule has 1 saturated carbocycles. The van der Waals surface area contributed by atoms with Gasteiger partial charge in [-0.25, -0.2) is 4.39 Å². The van der Waals surface area contributed by atoms with Crippen LogP contribution in [-0.4, -0.2) is 29.7 Å². The van der Waals surface area contributed by atoms with Crippen molar-refractivity contribution >= 4 is 0 Å². The Morgan fingerprint density at radius 2 is 2.16 bits per heavy atom. The van der Waals surface area contributed by atoms with Gasteiger partial charge in [-0.2, -0.15) is 0 Å². The lowest BCUT2D eigenvalue weighted by Gasteiger charge is -2.34. The van der Waals surface area contributed by atoms with E-state index in [0.717, 1.165) is 37.9 Å². The van der Waals surface area contributed by atoms with Gasteiger partial charge in [-0.1, -0.05) is 19.1 Å². The summed E-state index contributed by atoms with van der Waals surface area (Å²) in [6, 6.07) is 6.74. The average molecular weight is 265 g/mol. The summed E-state index contributed by atoms with van der Waals surface area (Å²) in [6.45, 7) is 3.86. The van der Waals surface area contributed by atoms with E-state index >= 15 is 0 Å². The van der Waals surface area contributed by atoms with Gasteiger partial charge in [0.1, 0.15) is 5.82 Å². The standard InChI is InChI=1S/C16H24FNO/c1-12-6-7-16(19)14(8-12)11-18(2)10-13-4-3-5-15(17)9-13/h3-5,9,12,14,16,19H,6-8,10-11H2,1-2H3. The van der Waals surface area contributed by atoms with Gasteiger partial charge in [0.25, 0.3) is 0 Å². The summed E-state index contributed by atoms with van der Waals surface area (Å²) in [5.74, 6) is 0.871. The summed E-state index contributed by atoms with van der Waals surface area (Å²) in [6.07, 6.45) is 2.96. The molecule has 0 bridgehead atoms. The summed E-state index contributed by atoms with van der Waals surface area (Å²) in [5.41, 5.74) is 0.987. The smallest absolute Gasteiger partial charge is 0.123 e. The van der Waals surface area contributed by atoms with Crippen molar-refractivity contribution in [2.75, 3.05) is 13.6 Å². The molecule has 2 rings (SSSR count). The van der Waals surface area contributed by atoms with Crippen molar-refractivity contribution in [1.82, 2.24) is 4.90 Å². The molecule has 3 unspecified atom stereocenters. The van der Waals surface area contributed by atoms with Crippen molar-refractivity contribution in [3.8, 4) is 0 Å². The third-order valence-corrected chi connectivity index (χ3v) is 4.09. The van der Waals surface area contributed by atoms with Crippen LogP contribution in [0.3, 0.4) is 0 Å². The fourth-order valence-corrected chi connectivity index (χ4v) is 3.09. The van der Waals surface area contributed by atoms with Crippen LogP contribution in [0.2, 0.25) is 0 Å². The molecule has 19 heavy (non-hydrogen) atoms. The normalized spacial score (nSPS) is 27.7. The number of aliphatic hydroxyl groups excluding tert-OH is 1. The summed E-state index contributed by atoms with van der Waals surface area (Å²) < 4.78 is 13.1. The zero-order chi connectivity index (χ0) is 13.8. The highest BCUT2D eigenvalue weighted by Crippen LogP contribution is 2.29. The van der Waals surface area contributed by atoms with Crippen LogP contribution in [0, 0.1) is 17.7 Å². The number of halogens is 1. The van der Waals surface area contributed by atoms with Crippen LogP contribution in [0.5, 0.6) is 0 Å². The van der Waals surface area contributed by atoms with E-state index < -0.39 is 0 Å². The van der Waals surface area contributed by atoms with Crippen molar-refractivity contribution in [3.05, 3.63) is 35.6 Å². The maximum Gasteiger partial charge on any atom is 0.123 e. The van der Waals surface area contributed by atoms with Gasteiger partial charge < -0.3 is 10.0 Å². The van der Waals surface area contributed by atoms with Crippen LogP contribution in [0.15, 0.2) is 24.3 Å². The van der Waals surface area contributed by atoms with Crippen molar-refractivity contribution in [3.63, 3.8) is 0 Å². The minimum absolute atomic E-state index is 0.175. The van der Waals surface area contributed by atoms with Crippen LogP contribution >= 0.6 is 0 Å². The van der Waals surface area contributed by atoms with Crippen LogP contribution in [0.1, 0.15) is 31.7 Å². The molecular formula is C16H24FNO. The maximum absolute atomic E-state index is 13.1. The van der Waals surface area contributed by atoms with E-state index in [1.54, 1.807) is 12.1 Å². The average Bonchev–Trinajstić information content (AvgIpc) is 2.34. The third-order valence-electron chi connectivity index (χ3n) is 4.09. The second kappa shape index (κ2) is 6.49. The highest BCUT2D eigenvalue weighted by atomic mass is 19.1. The molecule has 0 amide bonds. The lowest BCUT2D eigenvalue weighted by Crippen LogP contribution is -2.36. The molecule has 3 heteroatoms. The number of nitrogens with zero attached hydrogens (tertiary/aromatic N) is 1. The molecule has 0 spiro atoms. The van der Waals surface area contributed by atoms with Crippen LogP contribution < -0.4 is 0 Å². The van der Waals surface area contributed by atoms with E-state index in [4.69, 9.17) is 0 Å². The summed E-state index contributed by atoms with van der Waals surface area (Å²) >= 11 is 0. The number of aliphatic hydroxyl groups is 1. The highest BCUT2D eigenvalue weighted by Gasteiger charge is 2.27. The second-order valence-electron chi connectivity index (χ2n) is 6.07. The minimum atomic E-state index is -0.183. The Hall–Kier alpha value is -0.930. The summed E-state index contributed by atoms with van der Waals surface area (Å²) in [4.78, 5) is 2.18. The van der Waals surface area contributed by atoms with Gasteiger partial charge in [-0.3, -0.25) is 0 Å². The Morgan fingerprint density at radius 1 is 1.37 bits per heavy atom. The lowest BCUT2D eigenvalue weighted by atomic mass is 9.80. The molecule has 0 aliphatic heterocycles. The van der Waals surface area contributed by atoms with E-state index in [1.807, 2.05) is 13.1 Å². The molecular weight excluding hydrogens is 241 g/mol. The van der Waals surface area contributed by atoms with Gasteiger partial charge >= 0.3 is 0 Å².